The highest BCUT2D eigenvalue weighted by molar-refractivity contribution is 6.04. The number of nitrogens with zero attached hydrogens (tertiary/aromatic N) is 2. The molecule has 3 amide bonds. The highest BCUT2D eigenvalue weighted by Crippen LogP contribution is 2.44. The van der Waals surface area contributed by atoms with E-state index in [1.54, 1.807) is 17.0 Å². The maximum Gasteiger partial charge on any atom is 0.321 e. The van der Waals surface area contributed by atoms with Gasteiger partial charge in [-0.2, -0.15) is 0 Å². The van der Waals surface area contributed by atoms with Crippen molar-refractivity contribution in [2.24, 2.45) is 5.41 Å². The van der Waals surface area contributed by atoms with Crippen LogP contribution in [-0.4, -0.2) is 49.7 Å². The first-order chi connectivity index (χ1) is 14.1. The summed E-state index contributed by atoms with van der Waals surface area (Å²) in [7, 11) is 0. The number of carbonyl (C=O) groups excluding carboxylic acids is 2. The Morgan fingerprint density at radius 3 is 2.41 bits per heavy atom. The molecule has 5 rings (SSSR count). The molecular weight excluding hydrogens is 370 g/mol. The maximum absolute atomic E-state index is 12.8. The van der Waals surface area contributed by atoms with Crippen LogP contribution in [0.3, 0.4) is 0 Å². The number of rotatable bonds is 2. The van der Waals surface area contributed by atoms with E-state index in [0.717, 1.165) is 12.2 Å². The van der Waals surface area contributed by atoms with E-state index in [1.807, 2.05) is 41.3 Å². The van der Waals surface area contributed by atoms with Gasteiger partial charge >= 0.3 is 6.03 Å². The molecule has 0 aliphatic carbocycles. The van der Waals surface area contributed by atoms with Crippen molar-refractivity contribution >= 4 is 23.3 Å². The third-order valence-electron chi connectivity index (χ3n) is 6.03. The Hall–Kier alpha value is -3.22. The first-order valence-electron chi connectivity index (χ1n) is 9.97. The van der Waals surface area contributed by atoms with Crippen LogP contribution in [0.4, 0.5) is 16.2 Å². The van der Waals surface area contributed by atoms with Crippen LogP contribution >= 0.6 is 0 Å². The van der Waals surface area contributed by atoms with Crippen molar-refractivity contribution in [2.45, 2.75) is 12.8 Å². The molecule has 7 nitrogen and oxygen atoms in total. The summed E-state index contributed by atoms with van der Waals surface area (Å²) >= 11 is 0. The smallest absolute Gasteiger partial charge is 0.321 e. The first-order valence-corrected chi connectivity index (χ1v) is 9.97. The van der Waals surface area contributed by atoms with E-state index in [0.29, 0.717) is 56.3 Å². The Labute approximate surface area is 169 Å². The van der Waals surface area contributed by atoms with Gasteiger partial charge in [-0.25, -0.2) is 4.79 Å². The zero-order chi connectivity index (χ0) is 19.8. The molecule has 2 fully saturated rings. The number of fused-ring (bicyclic) bond motifs is 1. The molecule has 29 heavy (non-hydrogen) atoms. The molecular formula is C22H23N3O4. The first kappa shape index (κ1) is 17.8. The zero-order valence-corrected chi connectivity index (χ0v) is 16.1. The number of β-lactam (4-membered cyclic amide) rings is 1. The number of likely N-dealkylation sites (tertiary alicyclic amines) is 1. The largest absolute Gasteiger partial charge is 0.486 e. The van der Waals surface area contributed by atoms with Crippen LogP contribution in [0.15, 0.2) is 48.5 Å². The van der Waals surface area contributed by atoms with Crippen molar-refractivity contribution in [1.29, 1.82) is 0 Å². The molecule has 150 valence electrons. The lowest BCUT2D eigenvalue weighted by atomic mass is 9.71. The van der Waals surface area contributed by atoms with Crippen molar-refractivity contribution in [1.82, 2.24) is 4.90 Å². The number of benzene rings is 2. The van der Waals surface area contributed by atoms with Crippen molar-refractivity contribution in [3.05, 3.63) is 48.5 Å². The normalized spacial score (nSPS) is 19.7. The van der Waals surface area contributed by atoms with Crippen molar-refractivity contribution < 1.29 is 19.1 Å². The number of amides is 3. The van der Waals surface area contributed by atoms with Gasteiger partial charge in [-0.05, 0) is 37.1 Å². The summed E-state index contributed by atoms with van der Waals surface area (Å²) in [6.45, 7) is 2.92. The summed E-state index contributed by atoms with van der Waals surface area (Å²) in [5.74, 6) is 1.52. The van der Waals surface area contributed by atoms with E-state index in [1.165, 1.54) is 0 Å². The fraction of sp³-hybridized carbons (Fsp3) is 0.364. The zero-order valence-electron chi connectivity index (χ0n) is 16.1. The average molecular weight is 393 g/mol. The standard InChI is InChI=1S/C22H23N3O4/c26-20-22(15-25(20)17-4-2-1-3-5-17)8-10-24(11-9-22)21(27)23-16-6-7-18-19(14-16)29-13-12-28-18/h1-7,14H,8-13,15H2,(H,23,27). The van der Waals surface area contributed by atoms with Gasteiger partial charge in [0, 0.05) is 37.1 Å². The second-order valence-electron chi connectivity index (χ2n) is 7.78. The van der Waals surface area contributed by atoms with Crippen LogP contribution in [0, 0.1) is 5.41 Å². The van der Waals surface area contributed by atoms with Crippen LogP contribution in [0.25, 0.3) is 0 Å². The van der Waals surface area contributed by atoms with E-state index in [-0.39, 0.29) is 17.4 Å². The third kappa shape index (κ3) is 3.16. The lowest BCUT2D eigenvalue weighted by Crippen LogP contribution is -2.65. The van der Waals surface area contributed by atoms with Gasteiger partial charge in [0.05, 0.1) is 5.41 Å². The molecule has 0 saturated carbocycles. The number of nitrogens with one attached hydrogen (secondary N) is 1. The topological polar surface area (TPSA) is 71.1 Å². The summed E-state index contributed by atoms with van der Waals surface area (Å²) in [6, 6.07) is 15.0. The second-order valence-corrected chi connectivity index (χ2v) is 7.78. The van der Waals surface area contributed by atoms with Crippen LogP contribution in [0.5, 0.6) is 11.5 Å². The molecule has 3 aliphatic heterocycles. The Balaban J connectivity index is 1.18. The molecule has 0 bridgehead atoms. The summed E-state index contributed by atoms with van der Waals surface area (Å²) in [5, 5.41) is 2.93. The van der Waals surface area contributed by atoms with Gasteiger partial charge in [0.1, 0.15) is 13.2 Å². The summed E-state index contributed by atoms with van der Waals surface area (Å²) in [5.41, 5.74) is 1.31. The highest BCUT2D eigenvalue weighted by Gasteiger charge is 2.53. The molecule has 7 heteroatoms. The molecule has 0 aromatic heterocycles. The number of anilines is 2. The lowest BCUT2D eigenvalue weighted by molar-refractivity contribution is -0.138. The molecule has 2 aromatic carbocycles. The van der Waals surface area contributed by atoms with E-state index in [9.17, 15) is 9.59 Å². The van der Waals surface area contributed by atoms with Gasteiger partial charge in [0.25, 0.3) is 0 Å². The molecule has 0 atom stereocenters. The maximum atomic E-state index is 12.8. The Kier molecular flexibility index (Phi) is 4.30. The number of urea groups is 1. The quantitative estimate of drug-likeness (QED) is 0.796. The minimum absolute atomic E-state index is 0.150. The van der Waals surface area contributed by atoms with Crippen molar-refractivity contribution in [2.75, 3.05) is 43.1 Å². The number of carbonyl (C=O) groups is 2. The van der Waals surface area contributed by atoms with Crippen molar-refractivity contribution in [3.8, 4) is 11.5 Å². The Morgan fingerprint density at radius 2 is 1.69 bits per heavy atom. The van der Waals surface area contributed by atoms with E-state index in [4.69, 9.17) is 9.47 Å². The predicted octanol–water partition coefficient (Wildman–Crippen LogP) is 3.12. The van der Waals surface area contributed by atoms with Crippen LogP contribution in [-0.2, 0) is 4.79 Å². The van der Waals surface area contributed by atoms with Crippen LogP contribution in [0.1, 0.15) is 12.8 Å². The minimum atomic E-state index is -0.316. The van der Waals surface area contributed by atoms with Gasteiger partial charge in [-0.15, -0.1) is 0 Å². The molecule has 1 N–H and O–H groups in total. The molecule has 0 radical (unpaired) electrons. The monoisotopic (exact) mass is 393 g/mol. The number of hydrogen-bond donors (Lipinski definition) is 1. The minimum Gasteiger partial charge on any atom is -0.486 e. The Morgan fingerprint density at radius 1 is 0.966 bits per heavy atom. The SMILES string of the molecule is O=C(Nc1ccc2c(c1)OCCO2)N1CCC2(CC1)CN(c1ccccc1)C2=O. The van der Waals surface area contributed by atoms with Crippen LogP contribution in [0.2, 0.25) is 0 Å². The third-order valence-corrected chi connectivity index (χ3v) is 6.03. The van der Waals surface area contributed by atoms with Crippen molar-refractivity contribution in [3.63, 3.8) is 0 Å². The second kappa shape index (κ2) is 6.99. The molecule has 2 aromatic rings. The molecule has 1 spiro atoms. The van der Waals surface area contributed by atoms with E-state index < -0.39 is 0 Å². The predicted molar refractivity (Wildman–Crippen MR) is 108 cm³/mol. The van der Waals surface area contributed by atoms with Gasteiger partial charge in [0.2, 0.25) is 5.91 Å². The summed E-state index contributed by atoms with van der Waals surface area (Å²) in [4.78, 5) is 29.1. The number of hydrogen-bond acceptors (Lipinski definition) is 4. The Bertz CT molecular complexity index is 938. The highest BCUT2D eigenvalue weighted by atomic mass is 16.6. The number of piperidine rings is 1. The average Bonchev–Trinajstić information content (AvgIpc) is 2.78. The molecule has 3 aliphatic rings. The summed E-state index contributed by atoms with van der Waals surface area (Å²) in [6.07, 6.45) is 1.40. The van der Waals surface area contributed by atoms with Crippen LogP contribution < -0.4 is 19.7 Å². The van der Waals surface area contributed by atoms with E-state index >= 15 is 0 Å². The molecule has 0 unspecified atom stereocenters. The lowest BCUT2D eigenvalue weighted by Gasteiger charge is -2.52. The number of ether oxygens (including phenoxy) is 2. The van der Waals surface area contributed by atoms with E-state index in [2.05, 4.69) is 5.32 Å². The summed E-state index contributed by atoms with van der Waals surface area (Å²) < 4.78 is 11.1. The fourth-order valence-electron chi connectivity index (χ4n) is 4.29. The molecule has 2 saturated heterocycles. The number of para-hydroxylation sites is 1. The fourth-order valence-corrected chi connectivity index (χ4v) is 4.29. The van der Waals surface area contributed by atoms with Gasteiger partial charge in [-0.1, -0.05) is 18.2 Å². The molecule has 3 heterocycles. The van der Waals surface area contributed by atoms with Gasteiger partial charge in [-0.3, -0.25) is 4.79 Å². The van der Waals surface area contributed by atoms with Gasteiger partial charge < -0.3 is 24.6 Å². The van der Waals surface area contributed by atoms with Gasteiger partial charge in [0.15, 0.2) is 11.5 Å².